The average molecular weight is 1870 g/mol. The Morgan fingerprint density at radius 2 is 0.652 bits per heavy atom. The van der Waals surface area contributed by atoms with Crippen molar-refractivity contribution < 1.29 is 28.6 Å². The van der Waals surface area contributed by atoms with Crippen LogP contribution in [0.5, 0.6) is 0 Å². The molecule has 141 heavy (non-hydrogen) atoms. The fraction of sp³-hybridized carbons (Fsp3) is 0.448. The number of aromatic amines is 2. The van der Waals surface area contributed by atoms with Crippen LogP contribution < -0.4 is 0 Å². The van der Waals surface area contributed by atoms with Crippen LogP contribution in [0.3, 0.4) is 0 Å². The lowest BCUT2D eigenvalue weighted by molar-refractivity contribution is -0.188. The minimum atomic E-state index is -1.49. The van der Waals surface area contributed by atoms with E-state index in [1.165, 1.54) is 58.7 Å². The van der Waals surface area contributed by atoms with Gasteiger partial charge < -0.3 is 24.2 Å². The Morgan fingerprint density at radius 3 is 0.972 bits per heavy atom. The molecule has 0 amide bonds. The van der Waals surface area contributed by atoms with Crippen LogP contribution in [0.4, 0.5) is 0 Å². The number of pyridine rings is 2. The number of ketones is 1. The molecular formula is C125H132N10O6. The molecule has 718 valence electrons. The molecule has 16 nitrogen and oxygen atoms in total. The molecule has 7 fully saturated rings. The molecule has 0 radical (unpaired) electrons. The number of nitrogens with zero attached hydrogens (tertiary/aromatic N) is 8. The van der Waals surface area contributed by atoms with E-state index in [2.05, 4.69) is 336 Å². The molecule has 13 aliphatic rings. The smallest absolute Gasteiger partial charge is 0.338 e. The van der Waals surface area contributed by atoms with E-state index >= 15 is 14.4 Å². The Labute approximate surface area is 827 Å². The summed E-state index contributed by atoms with van der Waals surface area (Å²) in [5, 5.41) is 1.91. The van der Waals surface area contributed by atoms with E-state index in [0.717, 1.165) is 147 Å². The van der Waals surface area contributed by atoms with Gasteiger partial charge in [0.15, 0.2) is 17.0 Å². The summed E-state index contributed by atoms with van der Waals surface area (Å²) in [5.74, 6) is -3.14. The van der Waals surface area contributed by atoms with Gasteiger partial charge in [0.25, 0.3) is 0 Å². The normalized spacial score (nSPS) is 28.0. The highest BCUT2D eigenvalue weighted by atomic mass is 16.6. The summed E-state index contributed by atoms with van der Waals surface area (Å²) in [6, 6.07) is 45.8. The minimum absolute atomic E-state index is 0.0348. The van der Waals surface area contributed by atoms with Gasteiger partial charge in [-0.3, -0.25) is 14.8 Å². The Bertz CT molecular complexity index is 7550. The number of allylic oxidation sites excluding steroid dienone is 2. The van der Waals surface area contributed by atoms with Crippen LogP contribution in [0.15, 0.2) is 146 Å². The largest absolute Gasteiger partial charge is 0.467 e. The van der Waals surface area contributed by atoms with E-state index in [1.807, 2.05) is 24.5 Å². The Kier molecular flexibility index (Phi) is 18.4. The molecule has 16 heteroatoms. The molecule has 7 aromatic heterocycles. The Hall–Kier alpha value is -12.0. The number of carbonyl (C=O) groups is 3. The second-order valence-electron chi connectivity index (χ2n) is 52.9. The number of rotatable bonds is 6. The maximum Gasteiger partial charge on any atom is 0.338 e. The van der Waals surface area contributed by atoms with E-state index in [0.29, 0.717) is 33.1 Å². The first kappa shape index (κ1) is 90.3. The third-order valence-electron chi connectivity index (χ3n) is 36.8. The third-order valence-corrected chi connectivity index (χ3v) is 36.8. The molecule has 11 heterocycles. The van der Waals surface area contributed by atoms with E-state index in [4.69, 9.17) is 54.1 Å². The van der Waals surface area contributed by atoms with Gasteiger partial charge in [0, 0.05) is 92.0 Å². The van der Waals surface area contributed by atoms with Crippen LogP contribution >= 0.6 is 0 Å². The number of benzene rings is 6. The highest BCUT2D eigenvalue weighted by Gasteiger charge is 2.94. The van der Waals surface area contributed by atoms with E-state index < -0.39 is 45.8 Å². The van der Waals surface area contributed by atoms with Crippen molar-refractivity contribution in [3.8, 4) is 44.5 Å². The highest BCUT2D eigenvalue weighted by molar-refractivity contribution is 6.20. The van der Waals surface area contributed by atoms with Gasteiger partial charge in [0.1, 0.15) is 11.0 Å². The van der Waals surface area contributed by atoms with Gasteiger partial charge in [0.05, 0.1) is 103 Å². The van der Waals surface area contributed by atoms with Crippen LogP contribution in [0, 0.1) is 71.0 Å². The summed E-state index contributed by atoms with van der Waals surface area (Å²) in [4.78, 5) is 104. The maximum atomic E-state index is 16.3. The van der Waals surface area contributed by atoms with Crippen molar-refractivity contribution in [1.82, 2.24) is 49.8 Å². The molecule has 2 saturated heterocycles. The molecular weight excluding hydrogens is 1740 g/mol. The van der Waals surface area contributed by atoms with Gasteiger partial charge >= 0.3 is 11.9 Å². The second kappa shape index (κ2) is 28.7. The zero-order valence-electron chi connectivity index (χ0n) is 87.2. The molecule has 4 aliphatic heterocycles. The number of fused-ring (bicyclic) bond motifs is 44. The third kappa shape index (κ3) is 12.2. The number of methoxy groups -OCH3 is 2. The molecule has 9 aliphatic carbocycles. The summed E-state index contributed by atoms with van der Waals surface area (Å²) in [6.07, 6.45) is 19.0. The molecule has 13 aromatic rings. The minimum Gasteiger partial charge on any atom is -0.467 e. The number of nitrogens with one attached hydrogen (secondary N) is 2. The summed E-state index contributed by atoms with van der Waals surface area (Å²) < 4.78 is 20.4. The highest BCUT2D eigenvalue weighted by Crippen LogP contribution is 2.88. The maximum absolute atomic E-state index is 16.3. The SMILES string of the molecule is COC(=O)C12O[C@@](C(=O)OC)(C3C1C1C[C@H]3C3C1C1C=C[C@H]3c3nc4cc5nc6c7[nH]c(c(-c8cc(C(C)(C)C)cc(C(C)(C)C)c8)c8nc(c(-c9cc(C(C)(C)C)cc(C(C)(C)C)c9)c9ccc([nH]9)c(-c9cc(C(C)(C)C)cc(C(C)(C)C)c9)c9nc(c7-c7cc(C(C)(C)C)cc(C(C)(C)C)c7)C=C9)C=C8)c6nc5cc4nc31)C1C2C2C[C@@H]1C1C2[C@@]2(C)C(=O)[C@]1(C)c1c2c2cccnc2c2ncccc12. The topological polar surface area (TPSA) is 214 Å². The van der Waals surface area contributed by atoms with Crippen LogP contribution in [0.1, 0.15) is 294 Å². The molecule has 26 rings (SSSR count). The lowest BCUT2D eigenvalue weighted by atomic mass is 9.42. The summed E-state index contributed by atoms with van der Waals surface area (Å²) in [7, 11) is 3.00. The Balaban J connectivity index is 0.739. The zero-order valence-corrected chi connectivity index (χ0v) is 87.2. The standard InChI is InChI=1S/C125H132N10O6/c1-114(2,3)63-43-59(44-64(51-63)115(4,5)6)89-79-35-36-80(128-79)90(60-45-65(116(7,8)9)52-66(46-60)117(10,11)12)82-38-40-84(130-82)92(62-49-69(120(19,20)21)54-70(50-62)121(22,23)24)108-110-109(107(135-108)91(83-39-37-81(89)129-83)61-47-67(118(13,14)15)53-68(48-61)119(16,17)18)133-87-57-85-86(58-88(87)134-110)132-106-72-34-33-71(105(106)131-85)93-75-55-76(94(72)93)100-99(75)124(112(137)139-27)101-77-56-78(102(101)125(100,141-124)113(138)140-28)98-97(77)122(25)95-73-31-29-41-126-103(73)104-74(32-30-42-127-104)96(95)123(98,26)111(122)136/h29-54,57-58,71-72,75-78,93-94,97-102,128,135H,55-56H2,1-28H3/t71-,72?,75+,76?,77-,78?,93?,94?,97?,98?,99?,100?,101?,102?,122-,123+,124+,125?/m1/s1. The molecule has 18 bridgehead atoms. The van der Waals surface area contributed by atoms with Gasteiger partial charge in [0.2, 0.25) is 0 Å². The van der Waals surface area contributed by atoms with Crippen LogP contribution in [-0.2, 0) is 82.7 Å². The van der Waals surface area contributed by atoms with Crippen LogP contribution in [-0.4, -0.2) is 93.0 Å². The monoisotopic (exact) mass is 1870 g/mol. The number of hydrogen-bond donors (Lipinski definition) is 2. The number of carbonyl (C=O) groups excluding carboxylic acids is 3. The molecule has 0 spiro atoms. The first-order chi connectivity index (χ1) is 66.3. The number of aromatic nitrogens is 10. The van der Waals surface area contributed by atoms with Crippen molar-refractivity contribution in [3.05, 3.63) is 236 Å². The zero-order chi connectivity index (χ0) is 99.2. The fourth-order valence-electron chi connectivity index (χ4n) is 30.5. The lowest BCUT2D eigenvalue weighted by Crippen LogP contribution is -2.65. The molecule has 6 aromatic carbocycles. The lowest BCUT2D eigenvalue weighted by Gasteiger charge is -2.58. The van der Waals surface area contributed by atoms with Gasteiger partial charge in [-0.25, -0.2) is 39.5 Å². The van der Waals surface area contributed by atoms with Gasteiger partial charge in [-0.15, -0.1) is 0 Å². The number of ether oxygens (including phenoxy) is 3. The van der Waals surface area contributed by atoms with E-state index in [9.17, 15) is 0 Å². The van der Waals surface area contributed by atoms with Gasteiger partial charge in [-0.05, 0) is 256 Å². The number of Topliss-reactive ketones (excluding diaryl/α,β-unsaturated/α-hetero) is 1. The molecule has 2 N–H and O–H groups in total. The van der Waals surface area contributed by atoms with Gasteiger partial charge in [-0.2, -0.15) is 0 Å². The van der Waals surface area contributed by atoms with Crippen molar-refractivity contribution in [1.29, 1.82) is 0 Å². The Morgan fingerprint density at radius 1 is 0.355 bits per heavy atom. The second-order valence-corrected chi connectivity index (χ2v) is 52.9. The fourth-order valence-corrected chi connectivity index (χ4v) is 30.5. The van der Waals surface area contributed by atoms with Crippen molar-refractivity contribution >= 4 is 119 Å². The first-order valence-corrected chi connectivity index (χ1v) is 51.7. The number of esters is 2. The predicted octanol–water partition coefficient (Wildman–Crippen LogP) is 27.5. The van der Waals surface area contributed by atoms with Crippen molar-refractivity contribution in [2.75, 3.05) is 14.2 Å². The summed E-state index contributed by atoms with van der Waals surface area (Å²) >= 11 is 0. The quantitative estimate of drug-likeness (QED) is 0.0521. The van der Waals surface area contributed by atoms with Crippen molar-refractivity contribution in [2.45, 2.75) is 270 Å². The van der Waals surface area contributed by atoms with Crippen LogP contribution in [0.2, 0.25) is 0 Å². The number of hydrogen-bond acceptors (Lipinski definition) is 14. The van der Waals surface area contributed by atoms with Gasteiger partial charge in [-0.1, -0.05) is 263 Å². The molecule has 18 atom stereocenters. The molecule has 5 saturated carbocycles. The summed E-state index contributed by atoms with van der Waals surface area (Å²) in [5.41, 5.74) is 26.8. The first-order valence-electron chi connectivity index (χ1n) is 51.7. The van der Waals surface area contributed by atoms with Crippen molar-refractivity contribution in [2.24, 2.45) is 71.0 Å². The van der Waals surface area contributed by atoms with Crippen LogP contribution in [0.25, 0.3) is 146 Å². The summed E-state index contributed by atoms with van der Waals surface area (Å²) in [6.45, 7) is 60.0. The predicted molar refractivity (Wildman–Crippen MR) is 567 cm³/mol. The van der Waals surface area contributed by atoms with Crippen molar-refractivity contribution in [3.63, 3.8) is 0 Å². The van der Waals surface area contributed by atoms with E-state index in [-0.39, 0.29) is 120 Å². The number of H-pyrrole nitrogens is 2. The van der Waals surface area contributed by atoms with E-state index in [1.54, 1.807) is 0 Å². The molecule has 12 unspecified atom stereocenters. The average Bonchev–Trinajstić information content (AvgIpc) is 1.42.